The Morgan fingerprint density at radius 3 is 2.53 bits per heavy atom. The van der Waals surface area contributed by atoms with Crippen molar-refractivity contribution in [3.8, 4) is 5.75 Å². The molecule has 0 amide bonds. The maximum Gasteiger partial charge on any atom is 0.120 e. The lowest BCUT2D eigenvalue weighted by atomic mass is 10.0. The highest BCUT2D eigenvalue weighted by atomic mass is 16.5. The summed E-state index contributed by atoms with van der Waals surface area (Å²) in [6.45, 7) is 8.23. The van der Waals surface area contributed by atoms with Gasteiger partial charge in [0.05, 0.1) is 0 Å². The van der Waals surface area contributed by atoms with Crippen molar-refractivity contribution in [3.63, 3.8) is 0 Å². The second-order valence-corrected chi connectivity index (χ2v) is 4.87. The van der Waals surface area contributed by atoms with Crippen molar-refractivity contribution in [3.05, 3.63) is 29.8 Å². The molecular formula is C13H20O2. The summed E-state index contributed by atoms with van der Waals surface area (Å²) in [5.41, 5.74) is 0.931. The molecule has 0 saturated carbocycles. The molecule has 2 heteroatoms. The summed E-state index contributed by atoms with van der Waals surface area (Å²) in [5.74, 6) is 1.02. The van der Waals surface area contributed by atoms with E-state index in [9.17, 15) is 0 Å². The van der Waals surface area contributed by atoms with Crippen LogP contribution in [0.3, 0.4) is 0 Å². The number of ether oxygens (including phenoxy) is 1. The van der Waals surface area contributed by atoms with Crippen molar-refractivity contribution < 1.29 is 9.84 Å². The molecule has 0 spiro atoms. The van der Waals surface area contributed by atoms with Crippen molar-refractivity contribution in [2.24, 2.45) is 0 Å². The van der Waals surface area contributed by atoms with E-state index in [1.54, 1.807) is 0 Å². The molecule has 0 radical (unpaired) electrons. The predicted molar refractivity (Wildman–Crippen MR) is 62.3 cm³/mol. The van der Waals surface area contributed by atoms with Crippen LogP contribution < -0.4 is 4.74 Å². The number of rotatable bonds is 3. The molecule has 0 heterocycles. The zero-order valence-corrected chi connectivity index (χ0v) is 9.95. The summed E-state index contributed by atoms with van der Waals surface area (Å²) in [6, 6.07) is 7.91. The normalized spacial score (nSPS) is 13.7. The molecule has 0 aliphatic rings. The Balaban J connectivity index is 2.83. The standard InChI is InChI=1S/C13H20O2/c1-10(9-14)11-6-5-7-12(8-11)15-13(2,3)4/h5-8,10,14H,9H2,1-4H3. The van der Waals surface area contributed by atoms with Gasteiger partial charge in [0.15, 0.2) is 0 Å². The highest BCUT2D eigenvalue weighted by Crippen LogP contribution is 2.23. The summed E-state index contributed by atoms with van der Waals surface area (Å²) < 4.78 is 5.76. The Kier molecular flexibility index (Phi) is 3.75. The van der Waals surface area contributed by atoms with Gasteiger partial charge in [0.2, 0.25) is 0 Å². The molecular weight excluding hydrogens is 188 g/mol. The third kappa shape index (κ3) is 3.92. The zero-order chi connectivity index (χ0) is 11.5. The van der Waals surface area contributed by atoms with Crippen LogP contribution in [0.25, 0.3) is 0 Å². The van der Waals surface area contributed by atoms with Crippen LogP contribution in [-0.2, 0) is 0 Å². The molecule has 1 atom stereocenters. The molecule has 0 saturated heterocycles. The van der Waals surface area contributed by atoms with E-state index in [2.05, 4.69) is 0 Å². The Hall–Kier alpha value is -1.02. The van der Waals surface area contributed by atoms with Crippen molar-refractivity contribution in [2.75, 3.05) is 6.61 Å². The second kappa shape index (κ2) is 4.67. The maximum atomic E-state index is 9.07. The van der Waals surface area contributed by atoms with Gasteiger partial charge in [-0.25, -0.2) is 0 Å². The Morgan fingerprint density at radius 2 is 2.00 bits per heavy atom. The van der Waals surface area contributed by atoms with Crippen molar-refractivity contribution in [1.29, 1.82) is 0 Å². The molecule has 1 unspecified atom stereocenters. The molecule has 0 aliphatic carbocycles. The maximum absolute atomic E-state index is 9.07. The van der Waals surface area contributed by atoms with Gasteiger partial charge in [-0.15, -0.1) is 0 Å². The van der Waals surface area contributed by atoms with E-state index in [4.69, 9.17) is 9.84 Å². The Morgan fingerprint density at radius 1 is 1.33 bits per heavy atom. The summed E-state index contributed by atoms with van der Waals surface area (Å²) in [4.78, 5) is 0. The van der Waals surface area contributed by atoms with E-state index in [-0.39, 0.29) is 18.1 Å². The molecule has 0 bridgehead atoms. The van der Waals surface area contributed by atoms with Gasteiger partial charge in [0.1, 0.15) is 11.4 Å². The third-order valence-electron chi connectivity index (χ3n) is 2.13. The van der Waals surface area contributed by atoms with Crippen molar-refractivity contribution >= 4 is 0 Å². The smallest absolute Gasteiger partial charge is 0.120 e. The van der Waals surface area contributed by atoms with Crippen LogP contribution in [0, 0.1) is 0 Å². The highest BCUT2D eigenvalue weighted by Gasteiger charge is 2.12. The SMILES string of the molecule is CC(CO)c1cccc(OC(C)(C)C)c1. The summed E-state index contributed by atoms with van der Waals surface area (Å²) in [5, 5.41) is 9.07. The van der Waals surface area contributed by atoms with E-state index in [1.165, 1.54) is 0 Å². The van der Waals surface area contributed by atoms with Crippen LogP contribution in [0.1, 0.15) is 39.2 Å². The molecule has 1 aromatic rings. The van der Waals surface area contributed by atoms with Gasteiger partial charge in [0.25, 0.3) is 0 Å². The number of aliphatic hydroxyl groups is 1. The van der Waals surface area contributed by atoms with Crippen LogP contribution in [0.4, 0.5) is 0 Å². The van der Waals surface area contributed by atoms with E-state index in [0.717, 1.165) is 11.3 Å². The minimum absolute atomic E-state index is 0.161. The highest BCUT2D eigenvalue weighted by molar-refractivity contribution is 5.31. The van der Waals surface area contributed by atoms with Gasteiger partial charge in [-0.05, 0) is 38.5 Å². The summed E-state index contributed by atoms with van der Waals surface area (Å²) in [7, 11) is 0. The molecule has 2 nitrogen and oxygen atoms in total. The fourth-order valence-corrected chi connectivity index (χ4v) is 1.34. The number of hydrogen-bond donors (Lipinski definition) is 1. The largest absolute Gasteiger partial charge is 0.488 e. The van der Waals surface area contributed by atoms with Crippen LogP contribution in [0.5, 0.6) is 5.75 Å². The first-order valence-electron chi connectivity index (χ1n) is 5.32. The van der Waals surface area contributed by atoms with Crippen LogP contribution in [0.15, 0.2) is 24.3 Å². The molecule has 84 valence electrons. The topological polar surface area (TPSA) is 29.5 Å². The van der Waals surface area contributed by atoms with Crippen LogP contribution >= 0.6 is 0 Å². The lowest BCUT2D eigenvalue weighted by molar-refractivity contribution is 0.130. The first-order valence-corrected chi connectivity index (χ1v) is 5.32. The number of benzene rings is 1. The quantitative estimate of drug-likeness (QED) is 0.827. The predicted octanol–water partition coefficient (Wildman–Crippen LogP) is 2.96. The molecule has 0 aliphatic heterocycles. The van der Waals surface area contributed by atoms with Crippen LogP contribution in [0.2, 0.25) is 0 Å². The number of hydrogen-bond acceptors (Lipinski definition) is 2. The van der Waals surface area contributed by atoms with Gasteiger partial charge < -0.3 is 9.84 Å². The first-order chi connectivity index (χ1) is 6.92. The van der Waals surface area contributed by atoms with Crippen LogP contribution in [-0.4, -0.2) is 17.3 Å². The Labute approximate surface area is 91.9 Å². The minimum Gasteiger partial charge on any atom is -0.488 e. The minimum atomic E-state index is -0.179. The van der Waals surface area contributed by atoms with Crippen molar-refractivity contribution in [2.45, 2.75) is 39.2 Å². The van der Waals surface area contributed by atoms with Crippen molar-refractivity contribution in [1.82, 2.24) is 0 Å². The van der Waals surface area contributed by atoms with E-state index in [1.807, 2.05) is 52.0 Å². The average molecular weight is 208 g/mol. The molecule has 0 fully saturated rings. The second-order valence-electron chi connectivity index (χ2n) is 4.87. The Bertz CT molecular complexity index is 313. The number of aliphatic hydroxyl groups excluding tert-OH is 1. The van der Waals surface area contributed by atoms with Gasteiger partial charge in [-0.1, -0.05) is 19.1 Å². The van der Waals surface area contributed by atoms with Gasteiger partial charge >= 0.3 is 0 Å². The first kappa shape index (κ1) is 12.1. The molecule has 1 aromatic carbocycles. The van der Waals surface area contributed by atoms with Gasteiger partial charge in [-0.2, -0.15) is 0 Å². The average Bonchev–Trinajstić information content (AvgIpc) is 2.14. The lowest BCUT2D eigenvalue weighted by Gasteiger charge is -2.22. The van der Waals surface area contributed by atoms with E-state index >= 15 is 0 Å². The molecule has 1 rings (SSSR count). The molecule has 1 N–H and O–H groups in total. The van der Waals surface area contributed by atoms with Gasteiger partial charge in [0, 0.05) is 12.5 Å². The van der Waals surface area contributed by atoms with Gasteiger partial charge in [-0.3, -0.25) is 0 Å². The van der Waals surface area contributed by atoms with E-state index in [0.29, 0.717) is 0 Å². The molecule has 0 aromatic heterocycles. The summed E-state index contributed by atoms with van der Waals surface area (Å²) in [6.07, 6.45) is 0. The fourth-order valence-electron chi connectivity index (χ4n) is 1.34. The summed E-state index contributed by atoms with van der Waals surface area (Å²) >= 11 is 0. The third-order valence-corrected chi connectivity index (χ3v) is 2.13. The fraction of sp³-hybridized carbons (Fsp3) is 0.538. The monoisotopic (exact) mass is 208 g/mol. The lowest BCUT2D eigenvalue weighted by Crippen LogP contribution is -2.23. The molecule has 15 heavy (non-hydrogen) atoms. The zero-order valence-electron chi connectivity index (χ0n) is 9.95. The van der Waals surface area contributed by atoms with E-state index < -0.39 is 0 Å².